The molecule has 0 bridgehead atoms. The molecule has 3 aromatic rings. The summed E-state index contributed by atoms with van der Waals surface area (Å²) in [6, 6.07) is 6.48. The van der Waals surface area contributed by atoms with Crippen LogP contribution in [-0.2, 0) is 16.1 Å². The summed E-state index contributed by atoms with van der Waals surface area (Å²) in [6.07, 6.45) is 5.26. The van der Waals surface area contributed by atoms with Gasteiger partial charge in [0, 0.05) is 37.7 Å². The number of nitrogens with one attached hydrogen (secondary N) is 2. The van der Waals surface area contributed by atoms with E-state index in [1.54, 1.807) is 35.6 Å². The van der Waals surface area contributed by atoms with Crippen LogP contribution >= 0.6 is 0 Å². The number of fused-ring (bicyclic) bond motifs is 1. The lowest BCUT2D eigenvalue weighted by Gasteiger charge is -2.26. The average Bonchev–Trinajstić information content (AvgIpc) is 3.38. The topological polar surface area (TPSA) is 148 Å². The van der Waals surface area contributed by atoms with Crippen molar-refractivity contribution in [3.63, 3.8) is 0 Å². The van der Waals surface area contributed by atoms with E-state index in [0.29, 0.717) is 16.7 Å². The molecular formula is C23H29N7O4. The molecule has 0 atom stereocenters. The van der Waals surface area contributed by atoms with Crippen LogP contribution in [0.2, 0.25) is 0 Å². The number of aromatic nitrogens is 3. The quantitative estimate of drug-likeness (QED) is 0.485. The molecule has 0 unspecified atom stereocenters. The molecule has 34 heavy (non-hydrogen) atoms. The second-order valence-electron chi connectivity index (χ2n) is 8.62. The summed E-state index contributed by atoms with van der Waals surface area (Å²) in [6.45, 7) is 1.97. The minimum absolute atomic E-state index is 0.0446. The number of aryl methyl sites for hydroxylation is 2. The van der Waals surface area contributed by atoms with Gasteiger partial charge in [0.1, 0.15) is 0 Å². The van der Waals surface area contributed by atoms with Gasteiger partial charge in [0.05, 0.1) is 16.7 Å². The molecule has 11 nitrogen and oxygen atoms in total. The molecule has 4 N–H and O–H groups in total. The summed E-state index contributed by atoms with van der Waals surface area (Å²) in [5, 5.41) is 8.97. The van der Waals surface area contributed by atoms with Gasteiger partial charge in [-0.1, -0.05) is 24.4 Å². The number of benzene rings is 1. The standard InChI is InChI=1S/C23H29N7O4/c1-14-12-20(34-28-14)26-23(33)27-22-25-17-13-16(8-9-18(17)30(22)11-10-19(24)31)29(2)21(32)15-6-4-3-5-7-15/h8-9,12-13,15H,3-7,10-11H2,1-2H3,(H2,24,31)(H2,25,26,27,33). The van der Waals surface area contributed by atoms with E-state index in [9.17, 15) is 14.4 Å². The van der Waals surface area contributed by atoms with Crippen molar-refractivity contribution in [2.45, 2.75) is 52.0 Å². The first kappa shape index (κ1) is 23.3. The van der Waals surface area contributed by atoms with Gasteiger partial charge in [-0.05, 0) is 38.0 Å². The number of amides is 4. The van der Waals surface area contributed by atoms with Crippen LogP contribution in [0.5, 0.6) is 0 Å². The van der Waals surface area contributed by atoms with Crippen LogP contribution in [0.25, 0.3) is 11.0 Å². The van der Waals surface area contributed by atoms with Crippen molar-refractivity contribution in [3.05, 3.63) is 30.0 Å². The lowest BCUT2D eigenvalue weighted by molar-refractivity contribution is -0.123. The number of rotatable bonds is 7. The van der Waals surface area contributed by atoms with Gasteiger partial charge in [-0.25, -0.2) is 9.78 Å². The van der Waals surface area contributed by atoms with E-state index in [-0.39, 0.29) is 36.6 Å². The molecule has 0 aliphatic heterocycles. The summed E-state index contributed by atoms with van der Waals surface area (Å²) in [4.78, 5) is 43.1. The highest BCUT2D eigenvalue weighted by Crippen LogP contribution is 2.29. The molecule has 2 heterocycles. The van der Waals surface area contributed by atoms with Crippen LogP contribution in [0.1, 0.15) is 44.2 Å². The van der Waals surface area contributed by atoms with Gasteiger partial charge in [-0.15, -0.1) is 0 Å². The van der Waals surface area contributed by atoms with Crippen molar-refractivity contribution in [1.82, 2.24) is 14.7 Å². The van der Waals surface area contributed by atoms with E-state index in [1.807, 2.05) is 12.1 Å². The summed E-state index contributed by atoms with van der Waals surface area (Å²) < 4.78 is 6.71. The van der Waals surface area contributed by atoms with Gasteiger partial charge in [0.2, 0.25) is 23.6 Å². The van der Waals surface area contributed by atoms with Crippen LogP contribution in [0.3, 0.4) is 0 Å². The first-order chi connectivity index (χ1) is 16.3. The summed E-state index contributed by atoms with van der Waals surface area (Å²) >= 11 is 0. The van der Waals surface area contributed by atoms with Gasteiger partial charge in [-0.3, -0.25) is 20.2 Å². The van der Waals surface area contributed by atoms with Crippen molar-refractivity contribution in [1.29, 1.82) is 0 Å². The average molecular weight is 468 g/mol. The highest BCUT2D eigenvalue weighted by atomic mass is 16.5. The maximum atomic E-state index is 13.0. The zero-order valence-electron chi connectivity index (χ0n) is 19.3. The Kier molecular flexibility index (Phi) is 6.80. The molecule has 1 aliphatic carbocycles. The van der Waals surface area contributed by atoms with E-state index in [1.165, 1.54) is 6.42 Å². The molecule has 180 valence electrons. The molecule has 11 heteroatoms. The number of imidazole rings is 1. The van der Waals surface area contributed by atoms with Crippen molar-refractivity contribution < 1.29 is 18.9 Å². The van der Waals surface area contributed by atoms with Gasteiger partial charge in [0.25, 0.3) is 0 Å². The molecule has 1 aliphatic rings. The Morgan fingerprint density at radius 3 is 2.62 bits per heavy atom. The molecule has 4 amide bonds. The minimum atomic E-state index is -0.573. The fourth-order valence-electron chi connectivity index (χ4n) is 4.29. The molecule has 1 fully saturated rings. The number of urea groups is 1. The first-order valence-electron chi connectivity index (χ1n) is 11.4. The van der Waals surface area contributed by atoms with Crippen LogP contribution in [-0.4, -0.2) is 39.6 Å². The van der Waals surface area contributed by atoms with Gasteiger partial charge < -0.3 is 19.7 Å². The van der Waals surface area contributed by atoms with Crippen molar-refractivity contribution in [2.75, 3.05) is 22.6 Å². The summed E-state index contributed by atoms with van der Waals surface area (Å²) in [5.74, 6) is 0.114. The highest BCUT2D eigenvalue weighted by molar-refractivity contribution is 6.00. The number of primary amides is 1. The predicted octanol–water partition coefficient (Wildman–Crippen LogP) is 3.40. The molecule has 1 aromatic carbocycles. The third-order valence-corrected chi connectivity index (χ3v) is 6.08. The second kappa shape index (κ2) is 9.94. The number of anilines is 3. The monoisotopic (exact) mass is 467 g/mol. The number of nitrogens with two attached hydrogens (primary N) is 1. The Morgan fingerprint density at radius 2 is 1.94 bits per heavy atom. The Hall–Kier alpha value is -3.89. The van der Waals surface area contributed by atoms with Crippen LogP contribution in [0.4, 0.5) is 22.3 Å². The van der Waals surface area contributed by atoms with Gasteiger partial charge in [-0.2, -0.15) is 0 Å². The van der Waals surface area contributed by atoms with Gasteiger partial charge >= 0.3 is 6.03 Å². The highest BCUT2D eigenvalue weighted by Gasteiger charge is 2.25. The maximum Gasteiger partial charge on any atom is 0.328 e. The summed E-state index contributed by atoms with van der Waals surface area (Å²) in [7, 11) is 1.77. The van der Waals surface area contributed by atoms with Crippen molar-refractivity contribution in [3.8, 4) is 0 Å². The van der Waals surface area contributed by atoms with E-state index in [2.05, 4.69) is 20.8 Å². The van der Waals surface area contributed by atoms with Crippen LogP contribution in [0.15, 0.2) is 28.8 Å². The van der Waals surface area contributed by atoms with Gasteiger partial charge in [0.15, 0.2) is 0 Å². The first-order valence-corrected chi connectivity index (χ1v) is 11.4. The smallest absolute Gasteiger partial charge is 0.328 e. The predicted molar refractivity (Wildman–Crippen MR) is 127 cm³/mol. The SMILES string of the molecule is Cc1cc(NC(=O)Nc2nc3cc(N(C)C(=O)C4CCCCC4)ccc3n2CCC(N)=O)on1. The number of hydrogen-bond acceptors (Lipinski definition) is 6. The zero-order chi connectivity index (χ0) is 24.2. The third-order valence-electron chi connectivity index (χ3n) is 6.08. The van der Waals surface area contributed by atoms with Crippen molar-refractivity contribution in [2.24, 2.45) is 11.7 Å². The molecular weight excluding hydrogens is 438 g/mol. The lowest BCUT2D eigenvalue weighted by atomic mass is 9.88. The molecule has 0 radical (unpaired) electrons. The fourth-order valence-corrected chi connectivity index (χ4v) is 4.29. The third kappa shape index (κ3) is 5.19. The van der Waals surface area contributed by atoms with Crippen LogP contribution in [0, 0.1) is 12.8 Å². The Bertz CT molecular complexity index is 1210. The molecule has 0 spiro atoms. The number of carbonyl (C=O) groups is 3. The Morgan fingerprint density at radius 1 is 1.18 bits per heavy atom. The zero-order valence-corrected chi connectivity index (χ0v) is 19.3. The Balaban J connectivity index is 1.59. The number of carbonyl (C=O) groups excluding carboxylic acids is 3. The molecule has 2 aromatic heterocycles. The van der Waals surface area contributed by atoms with Crippen LogP contribution < -0.4 is 21.3 Å². The van der Waals surface area contributed by atoms with E-state index < -0.39 is 11.9 Å². The number of hydrogen-bond donors (Lipinski definition) is 3. The maximum absolute atomic E-state index is 13.0. The van der Waals surface area contributed by atoms with E-state index >= 15 is 0 Å². The Labute approximate surface area is 196 Å². The summed E-state index contributed by atoms with van der Waals surface area (Å²) in [5.41, 5.74) is 7.97. The molecule has 4 rings (SSSR count). The molecule has 0 saturated heterocycles. The second-order valence-corrected chi connectivity index (χ2v) is 8.62. The normalized spacial score (nSPS) is 14.2. The molecule has 1 saturated carbocycles. The van der Waals surface area contributed by atoms with Crippen molar-refractivity contribution >= 4 is 46.4 Å². The largest absolute Gasteiger partial charge is 0.370 e. The van der Waals surface area contributed by atoms with E-state index in [4.69, 9.17) is 10.3 Å². The lowest BCUT2D eigenvalue weighted by Crippen LogP contribution is -2.33. The van der Waals surface area contributed by atoms with E-state index in [0.717, 1.165) is 31.4 Å². The fraction of sp³-hybridized carbons (Fsp3) is 0.435. The minimum Gasteiger partial charge on any atom is -0.370 e. The number of nitrogens with zero attached hydrogens (tertiary/aromatic N) is 4.